The fourth-order valence-corrected chi connectivity index (χ4v) is 1.53. The number of carboxylic acids is 1. The summed E-state index contributed by atoms with van der Waals surface area (Å²) in [5.74, 6) is -1.56. The Bertz CT molecular complexity index is 217. The van der Waals surface area contributed by atoms with Crippen LogP contribution in [0, 0.1) is 11.8 Å². The molecule has 1 saturated heterocycles. The van der Waals surface area contributed by atoms with Gasteiger partial charge in [-0.15, -0.1) is 0 Å². The van der Waals surface area contributed by atoms with E-state index in [1.807, 2.05) is 0 Å². The molecule has 5 heteroatoms. The summed E-state index contributed by atoms with van der Waals surface area (Å²) in [6.07, 6.45) is 0.433. The van der Waals surface area contributed by atoms with E-state index in [-0.39, 0.29) is 11.8 Å². The van der Waals surface area contributed by atoms with Crippen molar-refractivity contribution in [2.24, 2.45) is 11.8 Å². The van der Waals surface area contributed by atoms with Gasteiger partial charge in [-0.3, -0.25) is 9.59 Å². The molecule has 1 aliphatic heterocycles. The number of hydrogen-bond donors (Lipinski definition) is 3. The zero-order valence-electron chi connectivity index (χ0n) is 7.54. The van der Waals surface area contributed by atoms with Crippen LogP contribution >= 0.6 is 0 Å². The molecular weight excluding hydrogens is 172 g/mol. The normalized spacial score (nSPS) is 28.1. The van der Waals surface area contributed by atoms with Crippen molar-refractivity contribution >= 4 is 11.9 Å². The summed E-state index contributed by atoms with van der Waals surface area (Å²) in [5, 5.41) is 14.2. The highest BCUT2D eigenvalue weighted by Crippen LogP contribution is 2.16. The van der Waals surface area contributed by atoms with Gasteiger partial charge < -0.3 is 15.7 Å². The lowest BCUT2D eigenvalue weighted by atomic mass is 9.90. The van der Waals surface area contributed by atoms with E-state index in [1.54, 1.807) is 7.05 Å². The van der Waals surface area contributed by atoms with Crippen molar-refractivity contribution in [3.05, 3.63) is 0 Å². The van der Waals surface area contributed by atoms with Crippen LogP contribution in [0.2, 0.25) is 0 Å². The maximum Gasteiger partial charge on any atom is 0.307 e. The highest BCUT2D eigenvalue weighted by Gasteiger charge is 2.30. The van der Waals surface area contributed by atoms with Gasteiger partial charge in [0.05, 0.1) is 11.8 Å². The first kappa shape index (κ1) is 9.98. The Balaban J connectivity index is 2.51. The number of hydrogen-bond acceptors (Lipinski definition) is 3. The number of nitrogens with one attached hydrogen (secondary N) is 2. The van der Waals surface area contributed by atoms with Crippen molar-refractivity contribution in [1.29, 1.82) is 0 Å². The first-order valence-electron chi connectivity index (χ1n) is 4.30. The van der Waals surface area contributed by atoms with E-state index < -0.39 is 11.9 Å². The lowest BCUT2D eigenvalue weighted by Gasteiger charge is -2.26. The Morgan fingerprint density at radius 2 is 2.00 bits per heavy atom. The molecule has 1 heterocycles. The number of aliphatic carboxylic acids is 1. The van der Waals surface area contributed by atoms with E-state index in [1.165, 1.54) is 0 Å². The van der Waals surface area contributed by atoms with Crippen LogP contribution in [-0.4, -0.2) is 37.1 Å². The highest BCUT2D eigenvalue weighted by atomic mass is 16.4. The van der Waals surface area contributed by atoms with Gasteiger partial charge in [-0.25, -0.2) is 0 Å². The van der Waals surface area contributed by atoms with Crippen LogP contribution in [0.15, 0.2) is 0 Å². The predicted octanol–water partition coefficient (Wildman–Crippen LogP) is -0.957. The van der Waals surface area contributed by atoms with Crippen LogP contribution in [0.4, 0.5) is 0 Å². The number of amides is 1. The Morgan fingerprint density at radius 1 is 1.38 bits per heavy atom. The molecule has 2 atom stereocenters. The summed E-state index contributed by atoms with van der Waals surface area (Å²) in [6.45, 7) is 1.03. The Morgan fingerprint density at radius 3 is 2.54 bits per heavy atom. The topological polar surface area (TPSA) is 78.4 Å². The highest BCUT2D eigenvalue weighted by molar-refractivity contribution is 5.80. The molecule has 0 aliphatic carbocycles. The largest absolute Gasteiger partial charge is 0.481 e. The molecule has 0 aromatic carbocycles. The second-order valence-corrected chi connectivity index (χ2v) is 3.24. The summed E-state index contributed by atoms with van der Waals surface area (Å²) in [6, 6.07) is 0. The zero-order valence-corrected chi connectivity index (χ0v) is 7.54. The summed E-state index contributed by atoms with van der Waals surface area (Å²) >= 11 is 0. The van der Waals surface area contributed by atoms with Gasteiger partial charge >= 0.3 is 5.97 Å². The molecule has 3 N–H and O–H groups in total. The van der Waals surface area contributed by atoms with E-state index >= 15 is 0 Å². The van der Waals surface area contributed by atoms with Gasteiger partial charge in [0.15, 0.2) is 0 Å². The second kappa shape index (κ2) is 4.23. The van der Waals surface area contributed by atoms with E-state index in [9.17, 15) is 9.59 Å². The van der Waals surface area contributed by atoms with Gasteiger partial charge in [-0.05, 0) is 6.42 Å². The standard InChI is InChI=1S/C8H14N2O3/c1-9-7(11)5-2-6(8(12)13)4-10-3-5/h5-6,10H,2-4H2,1H3,(H,9,11)(H,12,13)/t5-,6?/m1/s1. The molecule has 1 rings (SSSR count). The summed E-state index contributed by atoms with van der Waals surface area (Å²) < 4.78 is 0. The van der Waals surface area contributed by atoms with Crippen LogP contribution in [0.5, 0.6) is 0 Å². The predicted molar refractivity (Wildman–Crippen MR) is 46.2 cm³/mol. The van der Waals surface area contributed by atoms with Gasteiger partial charge in [0.2, 0.25) is 5.91 Å². The molecular formula is C8H14N2O3. The fourth-order valence-electron chi connectivity index (χ4n) is 1.53. The fraction of sp³-hybridized carbons (Fsp3) is 0.750. The Kier molecular flexibility index (Phi) is 3.25. The van der Waals surface area contributed by atoms with Crippen molar-refractivity contribution in [3.63, 3.8) is 0 Å². The molecule has 0 bridgehead atoms. The molecule has 0 aromatic rings. The SMILES string of the molecule is CNC(=O)[C@H]1CNCC(C(=O)O)C1. The van der Waals surface area contributed by atoms with Crippen LogP contribution in [0.25, 0.3) is 0 Å². The smallest absolute Gasteiger partial charge is 0.307 e. The maximum absolute atomic E-state index is 11.2. The first-order chi connectivity index (χ1) is 6.15. The van der Waals surface area contributed by atoms with Gasteiger partial charge in [0, 0.05) is 20.1 Å². The maximum atomic E-state index is 11.2. The van der Waals surface area contributed by atoms with E-state index in [0.29, 0.717) is 19.5 Å². The molecule has 13 heavy (non-hydrogen) atoms. The molecule has 1 fully saturated rings. The third-order valence-electron chi connectivity index (χ3n) is 2.32. The van der Waals surface area contributed by atoms with Gasteiger partial charge in [-0.2, -0.15) is 0 Å². The van der Waals surface area contributed by atoms with Crippen molar-refractivity contribution < 1.29 is 14.7 Å². The second-order valence-electron chi connectivity index (χ2n) is 3.24. The average Bonchev–Trinajstić information content (AvgIpc) is 2.17. The number of carbonyl (C=O) groups excluding carboxylic acids is 1. The minimum Gasteiger partial charge on any atom is -0.481 e. The molecule has 0 radical (unpaired) electrons. The number of rotatable bonds is 2. The molecule has 5 nitrogen and oxygen atoms in total. The van der Waals surface area contributed by atoms with E-state index in [4.69, 9.17) is 5.11 Å². The van der Waals surface area contributed by atoms with Gasteiger partial charge in [-0.1, -0.05) is 0 Å². The molecule has 0 aromatic heterocycles. The molecule has 74 valence electrons. The van der Waals surface area contributed by atoms with Crippen LogP contribution in [-0.2, 0) is 9.59 Å². The van der Waals surface area contributed by atoms with Crippen LogP contribution < -0.4 is 10.6 Å². The van der Waals surface area contributed by atoms with Gasteiger partial charge in [0.1, 0.15) is 0 Å². The summed E-state index contributed by atoms with van der Waals surface area (Å²) in [7, 11) is 1.56. The average molecular weight is 186 g/mol. The lowest BCUT2D eigenvalue weighted by Crippen LogP contribution is -2.45. The van der Waals surface area contributed by atoms with E-state index in [0.717, 1.165) is 0 Å². The molecule has 0 spiro atoms. The Labute approximate surface area is 76.5 Å². The van der Waals surface area contributed by atoms with Crippen molar-refractivity contribution in [2.45, 2.75) is 6.42 Å². The van der Waals surface area contributed by atoms with Crippen molar-refractivity contribution in [3.8, 4) is 0 Å². The van der Waals surface area contributed by atoms with E-state index in [2.05, 4.69) is 10.6 Å². The number of carboxylic acid groups (broad SMARTS) is 1. The Hall–Kier alpha value is -1.10. The third-order valence-corrected chi connectivity index (χ3v) is 2.32. The summed E-state index contributed by atoms with van der Waals surface area (Å²) in [5.41, 5.74) is 0. The van der Waals surface area contributed by atoms with Gasteiger partial charge in [0.25, 0.3) is 0 Å². The van der Waals surface area contributed by atoms with Crippen molar-refractivity contribution in [2.75, 3.05) is 20.1 Å². The molecule has 1 amide bonds. The minimum atomic E-state index is -0.832. The minimum absolute atomic E-state index is 0.0848. The zero-order chi connectivity index (χ0) is 9.84. The quantitative estimate of drug-likeness (QED) is 0.519. The van der Waals surface area contributed by atoms with Crippen LogP contribution in [0.3, 0.4) is 0 Å². The number of piperidine rings is 1. The first-order valence-corrected chi connectivity index (χ1v) is 4.30. The third kappa shape index (κ3) is 2.42. The monoisotopic (exact) mass is 186 g/mol. The van der Waals surface area contributed by atoms with Crippen molar-refractivity contribution in [1.82, 2.24) is 10.6 Å². The molecule has 1 unspecified atom stereocenters. The van der Waals surface area contributed by atoms with Crippen LogP contribution in [0.1, 0.15) is 6.42 Å². The lowest BCUT2D eigenvalue weighted by molar-refractivity contribution is -0.143. The molecule has 1 aliphatic rings. The summed E-state index contributed by atoms with van der Waals surface area (Å²) in [4.78, 5) is 21.8. The molecule has 0 saturated carbocycles. The number of carbonyl (C=O) groups is 2.